The van der Waals surface area contributed by atoms with E-state index in [2.05, 4.69) is 32.7 Å². The maximum Gasteiger partial charge on any atom is 0.406 e. The van der Waals surface area contributed by atoms with E-state index in [0.717, 1.165) is 57.7 Å². The zero-order valence-corrected chi connectivity index (χ0v) is 25.3. The second-order valence-corrected chi connectivity index (χ2v) is 11.3. The molecule has 45 heavy (non-hydrogen) atoms. The van der Waals surface area contributed by atoms with E-state index in [9.17, 15) is 22.4 Å². The lowest BCUT2D eigenvalue weighted by atomic mass is 9.89. The van der Waals surface area contributed by atoms with E-state index in [1.54, 1.807) is 30.3 Å². The van der Waals surface area contributed by atoms with E-state index >= 15 is 0 Å². The van der Waals surface area contributed by atoms with Gasteiger partial charge < -0.3 is 30.0 Å². The van der Waals surface area contributed by atoms with Gasteiger partial charge in [-0.15, -0.1) is 0 Å². The molecule has 0 radical (unpaired) electrons. The highest BCUT2D eigenvalue weighted by Gasteiger charge is 2.31. The first-order valence-corrected chi connectivity index (χ1v) is 15.3. The van der Waals surface area contributed by atoms with Gasteiger partial charge in [-0.1, -0.05) is 12.0 Å². The van der Waals surface area contributed by atoms with Crippen LogP contribution in [0.2, 0.25) is 0 Å². The molecule has 1 saturated carbocycles. The topological polar surface area (TPSA) is 79.8 Å². The Morgan fingerprint density at radius 1 is 1.07 bits per heavy atom. The highest BCUT2D eigenvalue weighted by Crippen LogP contribution is 2.33. The Kier molecular flexibility index (Phi) is 10.7. The first kappa shape index (κ1) is 32.4. The Balaban J connectivity index is 1.32. The van der Waals surface area contributed by atoms with Gasteiger partial charge in [0.2, 0.25) is 0 Å². The van der Waals surface area contributed by atoms with Crippen LogP contribution in [0.25, 0.3) is 10.9 Å². The molecule has 1 aliphatic carbocycles. The van der Waals surface area contributed by atoms with Crippen molar-refractivity contribution < 1.29 is 31.8 Å². The van der Waals surface area contributed by atoms with E-state index in [0.29, 0.717) is 28.2 Å². The first-order valence-electron chi connectivity index (χ1n) is 15.3. The first-order chi connectivity index (χ1) is 21.8. The summed E-state index contributed by atoms with van der Waals surface area (Å²) in [4.78, 5) is 14.5. The van der Waals surface area contributed by atoms with Gasteiger partial charge >= 0.3 is 6.18 Å². The van der Waals surface area contributed by atoms with Crippen LogP contribution in [0, 0.1) is 11.8 Å². The molecule has 0 spiro atoms. The third kappa shape index (κ3) is 8.41. The van der Waals surface area contributed by atoms with Crippen LogP contribution in [0.1, 0.15) is 41.7 Å². The normalized spacial score (nSPS) is 19.0. The average Bonchev–Trinajstić information content (AvgIpc) is 3.39. The van der Waals surface area contributed by atoms with E-state index in [-0.39, 0.29) is 36.5 Å². The van der Waals surface area contributed by atoms with E-state index < -0.39 is 19.4 Å². The molecule has 1 saturated heterocycles. The van der Waals surface area contributed by atoms with E-state index in [1.165, 1.54) is 17.7 Å². The fraction of sp³-hybridized carbons (Fsp3) is 0.485. The summed E-state index contributed by atoms with van der Waals surface area (Å²) in [5.74, 6) is 5.78. The van der Waals surface area contributed by atoms with Crippen molar-refractivity contribution in [3.05, 3.63) is 53.7 Å². The van der Waals surface area contributed by atoms with Crippen LogP contribution < -0.4 is 20.7 Å². The molecule has 12 heteroatoms. The monoisotopic (exact) mass is 629 g/mol. The Morgan fingerprint density at radius 2 is 1.84 bits per heavy atom. The van der Waals surface area contributed by atoms with Gasteiger partial charge in [0.15, 0.2) is 0 Å². The molecule has 1 aromatic heterocycles. The third-order valence-corrected chi connectivity index (χ3v) is 8.29. The van der Waals surface area contributed by atoms with Gasteiger partial charge in [0, 0.05) is 48.9 Å². The molecule has 0 unspecified atom stereocenters. The molecule has 2 heterocycles. The summed E-state index contributed by atoms with van der Waals surface area (Å²) in [7, 11) is 1.50. The van der Waals surface area contributed by atoms with Gasteiger partial charge in [-0.2, -0.15) is 13.2 Å². The Hall–Kier alpha value is -3.95. The van der Waals surface area contributed by atoms with Crippen molar-refractivity contribution in [1.82, 2.24) is 14.8 Å². The molecule has 2 aromatic carbocycles. The molecule has 242 valence electrons. The summed E-state index contributed by atoms with van der Waals surface area (Å²) >= 11 is 0. The summed E-state index contributed by atoms with van der Waals surface area (Å²) in [5.41, 5.74) is 2.34. The average molecular weight is 630 g/mol. The minimum absolute atomic E-state index is 0.0797. The van der Waals surface area contributed by atoms with Crippen molar-refractivity contribution in [3.63, 3.8) is 0 Å². The van der Waals surface area contributed by atoms with Crippen LogP contribution >= 0.6 is 0 Å². The molecule has 2 fully saturated rings. The number of rotatable bonds is 10. The number of halogens is 4. The van der Waals surface area contributed by atoms with Gasteiger partial charge in [0.1, 0.15) is 25.6 Å². The predicted octanol–water partition coefficient (Wildman–Crippen LogP) is 5.43. The minimum atomic E-state index is -4.43. The second kappa shape index (κ2) is 14.9. The van der Waals surface area contributed by atoms with Gasteiger partial charge in [-0.05, 0) is 68.0 Å². The fourth-order valence-electron chi connectivity index (χ4n) is 6.11. The van der Waals surface area contributed by atoms with Crippen LogP contribution in [0.15, 0.2) is 42.5 Å². The number of fused-ring (bicyclic) bond motifs is 1. The maximum atomic E-state index is 13.7. The van der Waals surface area contributed by atoms with Crippen LogP contribution in [0.5, 0.6) is 5.75 Å². The predicted molar refractivity (Wildman–Crippen MR) is 167 cm³/mol. The molecular weight excluding hydrogens is 590 g/mol. The smallest absolute Gasteiger partial charge is 0.406 e. The number of benzene rings is 2. The van der Waals surface area contributed by atoms with Gasteiger partial charge in [-0.3, -0.25) is 9.69 Å². The fourth-order valence-corrected chi connectivity index (χ4v) is 6.11. The zero-order chi connectivity index (χ0) is 31.8. The molecule has 3 aromatic rings. The lowest BCUT2D eigenvalue weighted by molar-refractivity contribution is -0.140. The number of amides is 1. The number of alkyl halides is 4. The number of carbonyl (C=O) groups is 1. The largest absolute Gasteiger partial charge is 0.489 e. The SMILES string of the molecule is CNC(=O)c1ccc(NCC#Cc2cc3c(N[C@H]4CC[C@@H](N5CCOCC5)CC4)cccc3n2CC(F)(F)F)c(OCCF)c1. The van der Waals surface area contributed by atoms with Crippen molar-refractivity contribution in [2.24, 2.45) is 0 Å². The van der Waals surface area contributed by atoms with Crippen molar-refractivity contribution in [3.8, 4) is 17.6 Å². The highest BCUT2D eigenvalue weighted by molar-refractivity contribution is 5.95. The summed E-state index contributed by atoms with van der Waals surface area (Å²) in [5, 5.41) is 9.89. The van der Waals surface area contributed by atoms with Crippen molar-refractivity contribution in [2.45, 2.75) is 50.5 Å². The van der Waals surface area contributed by atoms with Crippen LogP contribution in [-0.4, -0.2) is 86.8 Å². The molecule has 1 aliphatic heterocycles. The number of carbonyl (C=O) groups excluding carboxylic acids is 1. The summed E-state index contributed by atoms with van der Waals surface area (Å²) < 4.78 is 66.0. The van der Waals surface area contributed by atoms with Gasteiger partial charge in [0.05, 0.1) is 36.7 Å². The highest BCUT2D eigenvalue weighted by atomic mass is 19.4. The van der Waals surface area contributed by atoms with E-state index in [1.807, 2.05) is 6.07 Å². The molecule has 8 nitrogen and oxygen atoms in total. The Labute approximate surface area is 260 Å². The number of nitrogens with zero attached hydrogens (tertiary/aromatic N) is 2. The number of ether oxygens (including phenoxy) is 2. The number of aromatic nitrogens is 1. The summed E-state index contributed by atoms with van der Waals surface area (Å²) in [6.07, 6.45) is -0.317. The number of morpholine rings is 1. The van der Waals surface area contributed by atoms with Crippen molar-refractivity contribution >= 4 is 28.2 Å². The molecule has 5 rings (SSSR count). The summed E-state index contributed by atoms with van der Waals surface area (Å²) in [6.45, 7) is 1.50. The Morgan fingerprint density at radius 3 is 2.56 bits per heavy atom. The molecular formula is C33H39F4N5O3. The Bertz CT molecular complexity index is 1520. The number of nitrogens with one attached hydrogen (secondary N) is 3. The zero-order valence-electron chi connectivity index (χ0n) is 25.3. The third-order valence-electron chi connectivity index (χ3n) is 8.29. The maximum absolute atomic E-state index is 13.7. The van der Waals surface area contributed by atoms with Crippen molar-refractivity contribution in [1.29, 1.82) is 0 Å². The molecule has 1 amide bonds. The lowest BCUT2D eigenvalue weighted by Gasteiger charge is -2.39. The lowest BCUT2D eigenvalue weighted by Crippen LogP contribution is -2.46. The van der Waals surface area contributed by atoms with Crippen LogP contribution in [-0.2, 0) is 11.3 Å². The van der Waals surface area contributed by atoms with Crippen LogP contribution in [0.4, 0.5) is 28.9 Å². The van der Waals surface area contributed by atoms with Gasteiger partial charge in [0.25, 0.3) is 5.91 Å². The summed E-state index contributed by atoms with van der Waals surface area (Å²) in [6, 6.07) is 12.6. The molecule has 3 N–H and O–H groups in total. The molecule has 0 bridgehead atoms. The van der Waals surface area contributed by atoms with Crippen LogP contribution in [0.3, 0.4) is 0 Å². The minimum Gasteiger partial charge on any atom is -0.489 e. The standard InChI is InChI=1S/C33H39F4N5O3/c1-38-32(43)23-7-12-29(31(20-23)45-17-13-34)39-14-3-4-26-21-27-28(5-2-6-30(27)42(26)22-33(35,36)37)40-24-8-10-25(11-9-24)41-15-18-44-19-16-41/h2,5-7,12,20-21,24-25,39-40H,8-11,13-19,22H2,1H3,(H,38,43)/t24-,25+. The number of hydrogen-bond acceptors (Lipinski definition) is 6. The molecule has 0 atom stereocenters. The van der Waals surface area contributed by atoms with Crippen molar-refractivity contribution in [2.75, 3.05) is 63.8 Å². The number of hydrogen-bond donors (Lipinski definition) is 3. The number of anilines is 2. The quantitative estimate of drug-likeness (QED) is 0.205. The second-order valence-electron chi connectivity index (χ2n) is 11.3. The van der Waals surface area contributed by atoms with Gasteiger partial charge in [-0.25, -0.2) is 4.39 Å². The molecule has 2 aliphatic rings. The van der Waals surface area contributed by atoms with E-state index in [4.69, 9.17) is 9.47 Å².